The average Bonchev–Trinajstić information content (AvgIpc) is 3.73. The summed E-state index contributed by atoms with van der Waals surface area (Å²) >= 11 is 2.30. The first-order valence-corrected chi connectivity index (χ1v) is 15.5. The molecule has 3 saturated heterocycles. The molecule has 4 aliphatic rings. The number of anilines is 1. The van der Waals surface area contributed by atoms with Crippen LogP contribution in [-0.4, -0.2) is 91.7 Å². The van der Waals surface area contributed by atoms with Gasteiger partial charge in [-0.2, -0.15) is 0 Å². The maximum absolute atomic E-state index is 13.4. The van der Waals surface area contributed by atoms with Crippen LogP contribution in [0.25, 0.3) is 0 Å². The molecule has 224 valence electrons. The van der Waals surface area contributed by atoms with Crippen molar-refractivity contribution >= 4 is 57.6 Å². The number of carboxylic acids is 1. The maximum atomic E-state index is 13.4. The van der Waals surface area contributed by atoms with Crippen molar-refractivity contribution in [1.29, 1.82) is 0 Å². The van der Waals surface area contributed by atoms with E-state index < -0.39 is 34.9 Å². The lowest BCUT2D eigenvalue weighted by Gasteiger charge is -2.50. The van der Waals surface area contributed by atoms with Crippen molar-refractivity contribution in [2.75, 3.05) is 24.6 Å². The second kappa shape index (κ2) is 11.8. The van der Waals surface area contributed by atoms with Gasteiger partial charge in [-0.15, -0.1) is 23.1 Å². The number of amides is 3. The maximum Gasteiger partial charge on any atom is 0.276 e. The summed E-state index contributed by atoms with van der Waals surface area (Å²) in [6, 6.07) is 5.10. The van der Waals surface area contributed by atoms with E-state index in [2.05, 4.69) is 25.3 Å². The largest absolute Gasteiger partial charge is 0.543 e. The Labute approximate surface area is 253 Å². The van der Waals surface area contributed by atoms with Crippen molar-refractivity contribution in [2.45, 2.75) is 42.9 Å². The third-order valence-electron chi connectivity index (χ3n) is 7.91. The molecule has 0 saturated carbocycles. The molecule has 16 heteroatoms. The predicted molar refractivity (Wildman–Crippen MR) is 153 cm³/mol. The number of thiazole rings is 1. The quantitative estimate of drug-likeness (QED) is 0.0648. The zero-order chi connectivity index (χ0) is 30.2. The Balaban J connectivity index is 1.13. The molecular weight excluding hydrogens is 596 g/mol. The summed E-state index contributed by atoms with van der Waals surface area (Å²) < 4.78 is 2.10. The third-order valence-corrected chi connectivity index (χ3v) is 9.89. The van der Waals surface area contributed by atoms with Gasteiger partial charge in [0.15, 0.2) is 29.8 Å². The molecule has 0 aliphatic carbocycles. The number of rotatable bonds is 8. The van der Waals surface area contributed by atoms with Gasteiger partial charge in [-0.3, -0.25) is 19.3 Å². The zero-order valence-electron chi connectivity index (χ0n) is 22.7. The number of hydrogen-bond donors (Lipinski definition) is 4. The minimum atomic E-state index is -1.55. The van der Waals surface area contributed by atoms with E-state index in [1.807, 2.05) is 35.5 Å². The van der Waals surface area contributed by atoms with E-state index in [9.17, 15) is 29.5 Å². The Morgan fingerprint density at radius 2 is 2.09 bits per heavy atom. The monoisotopic (exact) mass is 624 g/mol. The van der Waals surface area contributed by atoms with Gasteiger partial charge in [0.25, 0.3) is 11.8 Å². The Morgan fingerprint density at radius 1 is 1.30 bits per heavy atom. The third kappa shape index (κ3) is 5.48. The highest BCUT2D eigenvalue weighted by atomic mass is 32.2. The summed E-state index contributed by atoms with van der Waals surface area (Å²) in [4.78, 5) is 58.2. The smallest absolute Gasteiger partial charge is 0.276 e. The van der Waals surface area contributed by atoms with Gasteiger partial charge in [0.2, 0.25) is 5.91 Å². The van der Waals surface area contributed by atoms with E-state index in [-0.39, 0.29) is 40.3 Å². The Bertz CT molecular complexity index is 1570. The van der Waals surface area contributed by atoms with E-state index in [4.69, 9.17) is 5.73 Å². The van der Waals surface area contributed by atoms with E-state index in [1.165, 1.54) is 17.1 Å². The molecular formula is C27H28N8O6S2. The highest BCUT2D eigenvalue weighted by Crippen LogP contribution is 2.41. The van der Waals surface area contributed by atoms with Gasteiger partial charge < -0.3 is 36.4 Å². The number of allylic oxidation sites excluding steroid dienone is 1. The van der Waals surface area contributed by atoms with Gasteiger partial charge in [0.05, 0.1) is 17.7 Å². The topological polar surface area (TPSA) is 197 Å². The first kappa shape index (κ1) is 28.8. The number of pyridine rings is 1. The highest BCUT2D eigenvalue weighted by molar-refractivity contribution is 8.00. The summed E-state index contributed by atoms with van der Waals surface area (Å²) in [6.45, 7) is 2.00. The minimum Gasteiger partial charge on any atom is -0.543 e. The normalized spacial score (nSPS) is 26.6. The van der Waals surface area contributed by atoms with Gasteiger partial charge >= 0.3 is 0 Å². The molecule has 4 aliphatic heterocycles. The molecule has 6 heterocycles. The summed E-state index contributed by atoms with van der Waals surface area (Å²) in [6.07, 6.45) is 6.84. The van der Waals surface area contributed by atoms with Gasteiger partial charge in [0, 0.05) is 48.0 Å². The average molecular weight is 625 g/mol. The van der Waals surface area contributed by atoms with Crippen molar-refractivity contribution in [2.24, 2.45) is 5.16 Å². The van der Waals surface area contributed by atoms with Crippen LogP contribution in [0.2, 0.25) is 0 Å². The summed E-state index contributed by atoms with van der Waals surface area (Å²) in [5.74, 6) is -3.02. The second-order valence-electron chi connectivity index (χ2n) is 10.5. The molecule has 2 aromatic rings. The minimum absolute atomic E-state index is 0.0295. The fourth-order valence-electron chi connectivity index (χ4n) is 5.87. The zero-order valence-corrected chi connectivity index (χ0v) is 24.3. The number of thioether (sulfide) groups is 1. The number of nitrogens with zero attached hydrogens (tertiary/aromatic N) is 5. The Morgan fingerprint density at radius 3 is 2.79 bits per heavy atom. The van der Waals surface area contributed by atoms with E-state index >= 15 is 0 Å². The number of β-lactam (4-membered cyclic amide) rings is 1. The number of carboxylic acid groups (broad SMARTS) is 1. The Hall–Kier alpha value is -4.28. The molecule has 6 rings (SSSR count). The fourth-order valence-corrected chi connectivity index (χ4v) is 7.73. The van der Waals surface area contributed by atoms with Gasteiger partial charge in [0.1, 0.15) is 17.1 Å². The van der Waals surface area contributed by atoms with Gasteiger partial charge in [-0.05, 0) is 24.5 Å². The van der Waals surface area contributed by atoms with E-state index in [1.54, 1.807) is 6.08 Å². The number of aliphatic carboxylic acids is 1. The van der Waals surface area contributed by atoms with Crippen molar-refractivity contribution in [3.8, 4) is 0 Å². The fraction of sp³-hybridized carbons (Fsp3) is 0.370. The van der Waals surface area contributed by atoms with Gasteiger partial charge in [-0.25, -0.2) is 9.55 Å². The summed E-state index contributed by atoms with van der Waals surface area (Å²) in [5, 5.41) is 31.4. The molecule has 0 radical (unpaired) electrons. The van der Waals surface area contributed by atoms with Crippen LogP contribution in [0.5, 0.6) is 0 Å². The molecule has 2 unspecified atom stereocenters. The van der Waals surface area contributed by atoms with Gasteiger partial charge in [-0.1, -0.05) is 11.2 Å². The van der Waals surface area contributed by atoms with Crippen LogP contribution in [0, 0.1) is 0 Å². The second-order valence-corrected chi connectivity index (χ2v) is 12.5. The lowest BCUT2D eigenvalue weighted by atomic mass is 10.0. The number of oxime groups is 1. The van der Waals surface area contributed by atoms with E-state index in [0.29, 0.717) is 30.7 Å². The lowest BCUT2D eigenvalue weighted by molar-refractivity contribution is -0.699. The molecule has 0 bridgehead atoms. The number of likely N-dealkylation sites (tertiary alicyclic amines) is 1. The number of carbonyl (C=O) groups is 4. The molecule has 2 aromatic heterocycles. The Kier molecular flexibility index (Phi) is 7.89. The standard InChI is InChI=1S/C27H28N8O6S2/c28-27-30-18(13-43-27)19(32-41)22(36)31-20-24(38)35-21(26(39)40)15(12-42-25(20)35)8-14-4-7-34(23(14)37)17-9-16(29-10-17)11-33-5-2-1-3-6-33/h1-3,5-6,8,13,16-17,20,25,29H,4,7,9-12H2,(H4-,28,30,31,36,39,40,41)/t16?,17?,20-,25-/m1/s1. The van der Waals surface area contributed by atoms with Crippen LogP contribution < -0.4 is 26.0 Å². The first-order valence-electron chi connectivity index (χ1n) is 13.6. The van der Waals surface area contributed by atoms with Crippen LogP contribution in [-0.2, 0) is 25.7 Å². The van der Waals surface area contributed by atoms with Crippen LogP contribution in [0.1, 0.15) is 18.5 Å². The molecule has 5 N–H and O–H groups in total. The van der Waals surface area contributed by atoms with Crippen LogP contribution in [0.4, 0.5) is 5.13 Å². The number of hydrogen-bond acceptors (Lipinski definition) is 12. The molecule has 4 atom stereocenters. The number of aromatic nitrogens is 2. The summed E-state index contributed by atoms with van der Waals surface area (Å²) in [7, 11) is 0. The summed E-state index contributed by atoms with van der Waals surface area (Å²) in [5.41, 5.74) is 5.69. The SMILES string of the molecule is Nc1nc(C(=NO)C(=O)N[C@@H]2C(=O)N3C(C(=O)[O-])=C(C=C4CCN(C5CNC(C[n+]6ccccc6)C5)C4=O)CS[C@H]23)cs1. The van der Waals surface area contributed by atoms with Crippen molar-refractivity contribution in [1.82, 2.24) is 25.4 Å². The number of nitrogens with two attached hydrogens (primary N) is 1. The van der Waals surface area contributed by atoms with Crippen LogP contribution >= 0.6 is 23.1 Å². The first-order chi connectivity index (χ1) is 20.7. The molecule has 3 amide bonds. The number of nitrogen functional groups attached to an aromatic ring is 1. The number of fused-ring (bicyclic) bond motifs is 1. The van der Waals surface area contributed by atoms with Crippen molar-refractivity contribution in [3.05, 3.63) is 64.6 Å². The molecule has 14 nitrogen and oxygen atoms in total. The predicted octanol–water partition coefficient (Wildman–Crippen LogP) is -1.82. The van der Waals surface area contributed by atoms with Crippen molar-refractivity contribution in [3.63, 3.8) is 0 Å². The molecule has 0 aromatic carbocycles. The van der Waals surface area contributed by atoms with Crippen molar-refractivity contribution < 1.29 is 34.1 Å². The van der Waals surface area contributed by atoms with Crippen LogP contribution in [0.15, 0.2) is 64.0 Å². The molecule has 3 fully saturated rings. The molecule has 0 spiro atoms. The highest BCUT2D eigenvalue weighted by Gasteiger charge is 2.53. The molecule has 43 heavy (non-hydrogen) atoms. The number of carbonyl (C=O) groups excluding carboxylic acids is 4. The van der Waals surface area contributed by atoms with E-state index in [0.717, 1.165) is 29.2 Å². The number of nitrogens with one attached hydrogen (secondary N) is 2. The lowest BCUT2D eigenvalue weighted by Crippen LogP contribution is -2.71. The van der Waals surface area contributed by atoms with Crippen LogP contribution in [0.3, 0.4) is 0 Å².